The summed E-state index contributed by atoms with van der Waals surface area (Å²) in [5.41, 5.74) is -0.896. The van der Waals surface area contributed by atoms with Gasteiger partial charge in [-0.25, -0.2) is 4.98 Å². The van der Waals surface area contributed by atoms with Crippen LogP contribution in [0.25, 0.3) is 0 Å². The van der Waals surface area contributed by atoms with Gasteiger partial charge in [-0.3, -0.25) is 4.79 Å². The number of amides is 1. The summed E-state index contributed by atoms with van der Waals surface area (Å²) >= 11 is 17.8. The Labute approximate surface area is 186 Å². The van der Waals surface area contributed by atoms with Gasteiger partial charge in [-0.2, -0.15) is 13.2 Å². The summed E-state index contributed by atoms with van der Waals surface area (Å²) < 4.78 is 43.8. The van der Waals surface area contributed by atoms with Crippen molar-refractivity contribution in [1.29, 1.82) is 0 Å². The molecule has 2 aromatic rings. The Morgan fingerprint density at radius 1 is 1.03 bits per heavy atom. The SMILES string of the molecule is O=C(CCOc1ccc(Cl)c(Cl)c1)N1CCN(c2ncc(C(F)(F)F)cc2Cl)CC1. The lowest BCUT2D eigenvalue weighted by Crippen LogP contribution is -2.49. The maximum atomic E-state index is 12.8. The van der Waals surface area contributed by atoms with Gasteiger partial charge in [-0.1, -0.05) is 34.8 Å². The van der Waals surface area contributed by atoms with Crippen LogP contribution in [-0.4, -0.2) is 48.6 Å². The number of halogens is 6. The quantitative estimate of drug-likeness (QED) is 0.589. The highest BCUT2D eigenvalue weighted by atomic mass is 35.5. The van der Waals surface area contributed by atoms with Crippen molar-refractivity contribution in [2.24, 2.45) is 0 Å². The zero-order valence-corrected chi connectivity index (χ0v) is 17.8. The Hall–Kier alpha value is -1.90. The summed E-state index contributed by atoms with van der Waals surface area (Å²) in [5, 5.41) is 0.715. The molecule has 0 unspecified atom stereocenters. The minimum absolute atomic E-state index is 0.0698. The molecule has 1 fully saturated rings. The lowest BCUT2D eigenvalue weighted by molar-refractivity contribution is -0.138. The zero-order valence-electron chi connectivity index (χ0n) is 15.6. The summed E-state index contributed by atoms with van der Waals surface area (Å²) in [6.07, 6.45) is -3.56. The molecule has 1 saturated heterocycles. The summed E-state index contributed by atoms with van der Waals surface area (Å²) in [6, 6.07) is 5.72. The van der Waals surface area contributed by atoms with Crippen molar-refractivity contribution < 1.29 is 22.7 Å². The van der Waals surface area contributed by atoms with Crippen molar-refractivity contribution >= 4 is 46.5 Å². The number of carbonyl (C=O) groups is 1. The molecule has 0 spiro atoms. The molecule has 2 heterocycles. The molecule has 0 saturated carbocycles. The van der Waals surface area contributed by atoms with E-state index in [1.165, 1.54) is 0 Å². The zero-order chi connectivity index (χ0) is 21.9. The number of hydrogen-bond acceptors (Lipinski definition) is 4. The van der Waals surface area contributed by atoms with Crippen LogP contribution in [0.1, 0.15) is 12.0 Å². The van der Waals surface area contributed by atoms with Gasteiger partial charge in [-0.05, 0) is 18.2 Å². The van der Waals surface area contributed by atoms with Crippen LogP contribution < -0.4 is 9.64 Å². The van der Waals surface area contributed by atoms with Gasteiger partial charge in [0.2, 0.25) is 5.91 Å². The molecule has 162 valence electrons. The molecule has 0 aliphatic carbocycles. The van der Waals surface area contributed by atoms with E-state index >= 15 is 0 Å². The van der Waals surface area contributed by atoms with Gasteiger partial charge >= 0.3 is 6.18 Å². The number of rotatable bonds is 5. The summed E-state index contributed by atoms with van der Waals surface area (Å²) in [6.45, 7) is 1.83. The third-order valence-electron chi connectivity index (χ3n) is 4.56. The second kappa shape index (κ2) is 9.49. The average molecular weight is 483 g/mol. The predicted octanol–water partition coefficient (Wildman–Crippen LogP) is 5.18. The maximum absolute atomic E-state index is 12.8. The van der Waals surface area contributed by atoms with E-state index in [1.54, 1.807) is 28.0 Å². The lowest BCUT2D eigenvalue weighted by Gasteiger charge is -2.35. The number of ether oxygens (including phenoxy) is 1. The smallest absolute Gasteiger partial charge is 0.417 e. The third-order valence-corrected chi connectivity index (χ3v) is 5.57. The summed E-state index contributed by atoms with van der Waals surface area (Å²) in [5.74, 6) is 0.714. The topological polar surface area (TPSA) is 45.7 Å². The Bertz CT molecular complexity index is 920. The molecule has 5 nitrogen and oxygen atoms in total. The molecule has 30 heavy (non-hydrogen) atoms. The predicted molar refractivity (Wildman–Crippen MR) is 110 cm³/mol. The summed E-state index contributed by atoms with van der Waals surface area (Å²) in [4.78, 5) is 19.7. The highest BCUT2D eigenvalue weighted by Crippen LogP contribution is 2.33. The Kier molecular flexibility index (Phi) is 7.21. The van der Waals surface area contributed by atoms with Crippen molar-refractivity contribution in [3.05, 3.63) is 51.1 Å². The van der Waals surface area contributed by atoms with Gasteiger partial charge in [0, 0.05) is 38.4 Å². The number of pyridine rings is 1. The number of hydrogen-bond donors (Lipinski definition) is 0. The van der Waals surface area contributed by atoms with E-state index in [0.717, 1.165) is 12.3 Å². The molecule has 11 heteroatoms. The minimum Gasteiger partial charge on any atom is -0.493 e. The van der Waals surface area contributed by atoms with Crippen LogP contribution in [0.5, 0.6) is 5.75 Å². The first kappa shape index (κ1) is 22.8. The fourth-order valence-electron chi connectivity index (χ4n) is 2.97. The molecule has 1 aromatic heterocycles. The Balaban J connectivity index is 1.49. The third kappa shape index (κ3) is 5.62. The number of anilines is 1. The molecule has 0 N–H and O–H groups in total. The van der Waals surface area contributed by atoms with Gasteiger partial charge in [0.1, 0.15) is 11.6 Å². The van der Waals surface area contributed by atoms with E-state index < -0.39 is 11.7 Å². The minimum atomic E-state index is -4.50. The average Bonchev–Trinajstić information content (AvgIpc) is 2.70. The highest BCUT2D eigenvalue weighted by Gasteiger charge is 2.32. The second-order valence-corrected chi connectivity index (χ2v) is 7.79. The van der Waals surface area contributed by atoms with E-state index in [1.807, 2.05) is 0 Å². The maximum Gasteiger partial charge on any atom is 0.417 e. The van der Waals surface area contributed by atoms with Gasteiger partial charge in [-0.15, -0.1) is 0 Å². The standard InChI is InChI=1S/C19H17Cl3F3N3O2/c20-14-2-1-13(10-15(14)21)30-8-3-17(29)27-4-6-28(7-5-27)18-16(22)9-12(11-26-18)19(23,24)25/h1-2,9-11H,3-8H2. The van der Waals surface area contributed by atoms with Crippen LogP contribution >= 0.6 is 34.8 Å². The van der Waals surface area contributed by atoms with Crippen LogP contribution in [-0.2, 0) is 11.0 Å². The van der Waals surface area contributed by atoms with E-state index in [0.29, 0.717) is 42.0 Å². The highest BCUT2D eigenvalue weighted by molar-refractivity contribution is 6.42. The van der Waals surface area contributed by atoms with Crippen LogP contribution in [0.4, 0.5) is 19.0 Å². The van der Waals surface area contributed by atoms with Crippen molar-refractivity contribution in [3.8, 4) is 5.75 Å². The van der Waals surface area contributed by atoms with Crippen LogP contribution in [0.15, 0.2) is 30.5 Å². The molecule has 1 aliphatic heterocycles. The van der Waals surface area contributed by atoms with Gasteiger partial charge in [0.15, 0.2) is 0 Å². The van der Waals surface area contributed by atoms with Crippen molar-refractivity contribution in [3.63, 3.8) is 0 Å². The molecule has 0 bridgehead atoms. The van der Waals surface area contributed by atoms with Crippen molar-refractivity contribution in [2.45, 2.75) is 12.6 Å². The number of carbonyl (C=O) groups excluding carboxylic acids is 1. The first-order valence-corrected chi connectivity index (χ1v) is 10.1. The largest absolute Gasteiger partial charge is 0.493 e. The van der Waals surface area contributed by atoms with E-state index in [9.17, 15) is 18.0 Å². The fourth-order valence-corrected chi connectivity index (χ4v) is 3.54. The first-order chi connectivity index (χ1) is 14.1. The molecule has 1 amide bonds. The first-order valence-electron chi connectivity index (χ1n) is 8.98. The Morgan fingerprint density at radius 2 is 1.73 bits per heavy atom. The lowest BCUT2D eigenvalue weighted by atomic mass is 10.2. The number of nitrogens with zero attached hydrogens (tertiary/aromatic N) is 3. The molecule has 1 aromatic carbocycles. The molecular weight excluding hydrogens is 466 g/mol. The summed E-state index contributed by atoms with van der Waals surface area (Å²) in [7, 11) is 0. The van der Waals surface area contributed by atoms with E-state index in [4.69, 9.17) is 39.5 Å². The number of benzene rings is 1. The normalized spacial score (nSPS) is 14.7. The monoisotopic (exact) mass is 481 g/mol. The fraction of sp³-hybridized carbons (Fsp3) is 0.368. The van der Waals surface area contributed by atoms with Gasteiger partial charge < -0.3 is 14.5 Å². The van der Waals surface area contributed by atoms with E-state index in [2.05, 4.69) is 4.98 Å². The Morgan fingerprint density at radius 3 is 2.33 bits per heavy atom. The number of aromatic nitrogens is 1. The van der Waals surface area contributed by atoms with Gasteiger partial charge in [0.25, 0.3) is 0 Å². The second-order valence-electron chi connectivity index (χ2n) is 6.57. The molecule has 3 rings (SSSR count). The van der Waals surface area contributed by atoms with Crippen molar-refractivity contribution in [2.75, 3.05) is 37.7 Å². The molecule has 0 radical (unpaired) electrons. The number of piperazine rings is 1. The molecule has 1 aliphatic rings. The molecular formula is C19H17Cl3F3N3O2. The van der Waals surface area contributed by atoms with Crippen LogP contribution in [0, 0.1) is 0 Å². The van der Waals surface area contributed by atoms with Crippen molar-refractivity contribution in [1.82, 2.24) is 9.88 Å². The number of alkyl halides is 3. The van der Waals surface area contributed by atoms with E-state index in [-0.39, 0.29) is 29.8 Å². The van der Waals surface area contributed by atoms with Crippen LogP contribution in [0.2, 0.25) is 15.1 Å². The van der Waals surface area contributed by atoms with Gasteiger partial charge in [0.05, 0.1) is 33.7 Å². The molecule has 0 atom stereocenters. The van der Waals surface area contributed by atoms with Crippen LogP contribution in [0.3, 0.4) is 0 Å².